The van der Waals surface area contributed by atoms with Gasteiger partial charge >= 0.3 is 0 Å². The number of nitrogens with zero attached hydrogens (tertiary/aromatic N) is 6. The number of halogens is 1. The molecule has 5 rings (SSSR count). The van der Waals surface area contributed by atoms with E-state index < -0.39 is 5.82 Å². The summed E-state index contributed by atoms with van der Waals surface area (Å²) in [6, 6.07) is 7.40. The van der Waals surface area contributed by atoms with Crippen LogP contribution in [0.5, 0.6) is 0 Å². The molecule has 7 nitrogen and oxygen atoms in total. The van der Waals surface area contributed by atoms with Crippen molar-refractivity contribution in [3.05, 3.63) is 60.1 Å². The van der Waals surface area contributed by atoms with Crippen LogP contribution in [-0.4, -0.2) is 37.5 Å². The Balaban J connectivity index is 1.64. The van der Waals surface area contributed by atoms with Crippen LogP contribution in [0.1, 0.15) is 23.7 Å². The summed E-state index contributed by atoms with van der Waals surface area (Å²) in [6.45, 7) is 3.96. The zero-order chi connectivity index (χ0) is 20.7. The van der Waals surface area contributed by atoms with Crippen LogP contribution in [0.4, 0.5) is 4.39 Å². The number of hydrogen-bond donors (Lipinski definition) is 1. The third-order valence-electron chi connectivity index (χ3n) is 5.36. The summed E-state index contributed by atoms with van der Waals surface area (Å²) < 4.78 is 18.0. The van der Waals surface area contributed by atoms with Crippen LogP contribution in [0, 0.1) is 24.1 Å². The fourth-order valence-electron chi connectivity index (χ4n) is 3.86. The van der Waals surface area contributed by atoms with Crippen molar-refractivity contribution in [2.24, 2.45) is 0 Å². The minimum Gasteiger partial charge on any atom is -0.315 e. The molecular weight excluding hydrogens is 401 g/mol. The topological polar surface area (TPSA) is 83.8 Å². The van der Waals surface area contributed by atoms with E-state index in [0.717, 1.165) is 36.3 Å². The summed E-state index contributed by atoms with van der Waals surface area (Å²) in [7, 11) is 0. The number of fused-ring (bicyclic) bond motifs is 1. The zero-order valence-electron chi connectivity index (χ0n) is 16.2. The summed E-state index contributed by atoms with van der Waals surface area (Å²) in [5.41, 5.74) is 4.03. The van der Waals surface area contributed by atoms with Gasteiger partial charge in [-0.1, -0.05) is 11.8 Å². The van der Waals surface area contributed by atoms with Crippen LogP contribution in [0.15, 0.2) is 52.9 Å². The molecule has 1 N–H and O–H groups in total. The Morgan fingerprint density at radius 3 is 3.00 bits per heavy atom. The van der Waals surface area contributed by atoms with Gasteiger partial charge in [-0.25, -0.2) is 13.9 Å². The number of aromatic nitrogens is 5. The first-order valence-corrected chi connectivity index (χ1v) is 10.4. The molecule has 1 fully saturated rings. The SMILES string of the molecule is Cc1c(-c2cc(Sc3ncccc3F)c3c(C#N)cnn3c2)cnn1[C@@H]1CCNC1. The fourth-order valence-corrected chi connectivity index (χ4v) is 4.84. The Hall–Kier alpha value is -3.22. The van der Waals surface area contributed by atoms with Crippen molar-refractivity contribution in [3.8, 4) is 17.2 Å². The van der Waals surface area contributed by atoms with Gasteiger partial charge < -0.3 is 5.32 Å². The smallest absolute Gasteiger partial charge is 0.155 e. The molecule has 0 saturated carbocycles. The number of hydrogen-bond acceptors (Lipinski definition) is 6. The minimum absolute atomic E-state index is 0.256. The molecule has 0 spiro atoms. The molecule has 150 valence electrons. The second-order valence-electron chi connectivity index (χ2n) is 7.18. The molecule has 0 bridgehead atoms. The van der Waals surface area contributed by atoms with Crippen molar-refractivity contribution in [1.82, 2.24) is 29.7 Å². The quantitative estimate of drug-likeness (QED) is 0.544. The minimum atomic E-state index is -0.401. The van der Waals surface area contributed by atoms with E-state index in [1.54, 1.807) is 16.8 Å². The molecule has 9 heteroatoms. The standard InChI is InChI=1S/C21H18FN7S/c1-13-17(11-27-29(13)16-4-6-24-10-16)14-7-19(30-21-18(22)3-2-5-25-21)20-15(8-23)9-26-28(20)12-14/h2-3,5,7,9,11-12,16,24H,4,6,10H2,1H3/t16-/m1/s1. The van der Waals surface area contributed by atoms with Gasteiger partial charge in [0.2, 0.25) is 0 Å². The summed E-state index contributed by atoms with van der Waals surface area (Å²) in [4.78, 5) is 4.87. The van der Waals surface area contributed by atoms with Crippen molar-refractivity contribution in [1.29, 1.82) is 5.26 Å². The highest BCUT2D eigenvalue weighted by atomic mass is 32.2. The van der Waals surface area contributed by atoms with E-state index in [9.17, 15) is 9.65 Å². The van der Waals surface area contributed by atoms with Gasteiger partial charge in [-0.05, 0) is 38.1 Å². The third kappa shape index (κ3) is 3.14. The fraction of sp³-hybridized carbons (Fsp3) is 0.238. The first kappa shape index (κ1) is 18.8. The largest absolute Gasteiger partial charge is 0.315 e. The van der Waals surface area contributed by atoms with Crippen LogP contribution >= 0.6 is 11.8 Å². The van der Waals surface area contributed by atoms with Gasteiger partial charge in [0.05, 0.1) is 29.5 Å². The Morgan fingerprint density at radius 2 is 2.23 bits per heavy atom. The number of nitrogens with one attached hydrogen (secondary N) is 1. The van der Waals surface area contributed by atoms with Crippen molar-refractivity contribution < 1.29 is 4.39 Å². The predicted octanol–water partition coefficient (Wildman–Crippen LogP) is 3.60. The number of nitriles is 1. The number of pyridine rings is 2. The molecule has 0 amide bonds. The molecule has 1 aliphatic rings. The second-order valence-corrected chi connectivity index (χ2v) is 8.21. The third-order valence-corrected chi connectivity index (χ3v) is 6.39. The first-order chi connectivity index (χ1) is 14.7. The van der Waals surface area contributed by atoms with E-state index in [0.29, 0.717) is 22.0 Å². The second kappa shape index (κ2) is 7.55. The average Bonchev–Trinajstić information content (AvgIpc) is 3.48. The lowest BCUT2D eigenvalue weighted by Gasteiger charge is -2.13. The number of rotatable bonds is 4. The van der Waals surface area contributed by atoms with Gasteiger partial charge in [0.15, 0.2) is 5.82 Å². The Labute approximate surface area is 176 Å². The monoisotopic (exact) mass is 419 g/mol. The van der Waals surface area contributed by atoms with Crippen LogP contribution in [0.25, 0.3) is 16.6 Å². The first-order valence-electron chi connectivity index (χ1n) is 9.60. The molecule has 1 atom stereocenters. The van der Waals surface area contributed by atoms with Crippen LogP contribution in [-0.2, 0) is 0 Å². The maximum Gasteiger partial charge on any atom is 0.155 e. The molecule has 4 aromatic rings. The lowest BCUT2D eigenvalue weighted by Crippen LogP contribution is -2.15. The molecule has 0 aliphatic carbocycles. The molecule has 0 unspecified atom stereocenters. The molecule has 5 heterocycles. The molecule has 30 heavy (non-hydrogen) atoms. The van der Waals surface area contributed by atoms with Gasteiger partial charge in [0.25, 0.3) is 0 Å². The Morgan fingerprint density at radius 1 is 1.33 bits per heavy atom. The highest BCUT2D eigenvalue weighted by molar-refractivity contribution is 7.99. The predicted molar refractivity (Wildman–Crippen MR) is 111 cm³/mol. The summed E-state index contributed by atoms with van der Waals surface area (Å²) in [5.74, 6) is -0.401. The van der Waals surface area contributed by atoms with E-state index >= 15 is 0 Å². The average molecular weight is 419 g/mol. The van der Waals surface area contributed by atoms with Crippen molar-refractivity contribution in [3.63, 3.8) is 0 Å². The van der Waals surface area contributed by atoms with E-state index in [4.69, 9.17) is 0 Å². The van der Waals surface area contributed by atoms with Crippen molar-refractivity contribution >= 4 is 17.3 Å². The van der Waals surface area contributed by atoms with Crippen LogP contribution in [0.3, 0.4) is 0 Å². The summed E-state index contributed by atoms with van der Waals surface area (Å²) in [5, 5.41) is 22.1. The van der Waals surface area contributed by atoms with E-state index in [2.05, 4.69) is 38.2 Å². The highest BCUT2D eigenvalue weighted by Crippen LogP contribution is 2.36. The maximum atomic E-state index is 14.3. The van der Waals surface area contributed by atoms with Gasteiger partial charge in [-0.15, -0.1) is 0 Å². The molecule has 0 radical (unpaired) electrons. The van der Waals surface area contributed by atoms with Crippen LogP contribution in [0.2, 0.25) is 0 Å². The molecular formula is C21H18FN7S. The van der Waals surface area contributed by atoms with E-state index in [-0.39, 0.29) is 5.03 Å². The van der Waals surface area contributed by atoms with Gasteiger partial charge in [-0.3, -0.25) is 4.68 Å². The van der Waals surface area contributed by atoms with Crippen molar-refractivity contribution in [2.75, 3.05) is 13.1 Å². The summed E-state index contributed by atoms with van der Waals surface area (Å²) >= 11 is 1.19. The zero-order valence-corrected chi connectivity index (χ0v) is 17.0. The Kier molecular flexibility index (Phi) is 4.73. The van der Waals surface area contributed by atoms with E-state index in [1.807, 2.05) is 18.5 Å². The van der Waals surface area contributed by atoms with Crippen molar-refractivity contribution in [2.45, 2.75) is 29.3 Å². The molecule has 1 aliphatic heterocycles. The molecule has 4 aromatic heterocycles. The maximum absolute atomic E-state index is 14.3. The normalized spacial score (nSPS) is 16.2. The van der Waals surface area contributed by atoms with Gasteiger partial charge in [-0.2, -0.15) is 15.5 Å². The van der Waals surface area contributed by atoms with E-state index in [1.165, 1.54) is 24.0 Å². The van der Waals surface area contributed by atoms with Crippen LogP contribution < -0.4 is 5.32 Å². The summed E-state index contributed by atoms with van der Waals surface area (Å²) in [6.07, 6.45) is 7.87. The molecule has 0 aromatic carbocycles. The van der Waals surface area contributed by atoms with Gasteiger partial charge in [0.1, 0.15) is 11.1 Å². The molecule has 1 saturated heterocycles. The lowest BCUT2D eigenvalue weighted by atomic mass is 10.1. The highest BCUT2D eigenvalue weighted by Gasteiger charge is 2.22. The Bertz CT molecular complexity index is 1280. The lowest BCUT2D eigenvalue weighted by molar-refractivity contribution is 0.480. The van der Waals surface area contributed by atoms with Gasteiger partial charge in [0, 0.05) is 40.7 Å².